The summed E-state index contributed by atoms with van der Waals surface area (Å²) < 4.78 is 5.61. The Labute approximate surface area is 157 Å². The molecule has 4 N–H and O–H groups in total. The number of hydrogen-bond acceptors (Lipinski definition) is 4. The Hall–Kier alpha value is -3.35. The lowest BCUT2D eigenvalue weighted by Crippen LogP contribution is -2.41. The fraction of sp³-hybridized carbons (Fsp3) is 0.250. The van der Waals surface area contributed by atoms with Crippen LogP contribution in [0.25, 0.3) is 11.1 Å². The maximum atomic E-state index is 12.3. The Kier molecular flexibility index (Phi) is 6.93. The zero-order valence-electron chi connectivity index (χ0n) is 15.0. The summed E-state index contributed by atoms with van der Waals surface area (Å²) in [5.74, 6) is -1.62. The normalized spacial score (nSPS) is 11.4. The first-order valence-electron chi connectivity index (χ1n) is 8.56. The Morgan fingerprint density at radius 3 is 2.37 bits per heavy atom. The fourth-order valence-corrected chi connectivity index (χ4v) is 2.57. The second-order valence-corrected chi connectivity index (χ2v) is 5.88. The van der Waals surface area contributed by atoms with Crippen molar-refractivity contribution in [3.63, 3.8) is 0 Å². The average Bonchev–Trinajstić information content (AvgIpc) is 2.65. The molecule has 0 aromatic heterocycles. The minimum Gasteiger partial charge on any atom is -0.493 e. The van der Waals surface area contributed by atoms with Gasteiger partial charge < -0.3 is 20.9 Å². The number of carbonyl (C=O) groups is 3. The molecule has 1 atom stereocenters. The Bertz CT molecular complexity index is 817. The first-order valence-corrected chi connectivity index (χ1v) is 8.56. The van der Waals surface area contributed by atoms with Crippen molar-refractivity contribution in [1.29, 1.82) is 0 Å². The molecular weight excluding hydrogens is 348 g/mol. The van der Waals surface area contributed by atoms with Crippen molar-refractivity contribution in [2.24, 2.45) is 5.73 Å². The zero-order chi connectivity index (χ0) is 19.8. The van der Waals surface area contributed by atoms with Crippen molar-refractivity contribution in [3.8, 4) is 16.9 Å². The summed E-state index contributed by atoms with van der Waals surface area (Å²) in [4.78, 5) is 34.4. The highest BCUT2D eigenvalue weighted by molar-refractivity contribution is 5.97. The highest BCUT2D eigenvalue weighted by atomic mass is 16.5. The molecule has 7 heteroatoms. The molecule has 0 fully saturated rings. The maximum absolute atomic E-state index is 12.3. The number of benzene rings is 2. The van der Waals surface area contributed by atoms with Crippen molar-refractivity contribution >= 4 is 17.8 Å². The molecule has 0 aliphatic carbocycles. The third-order valence-corrected chi connectivity index (χ3v) is 3.93. The molecule has 0 saturated heterocycles. The zero-order valence-corrected chi connectivity index (χ0v) is 15.0. The number of aliphatic carboxylic acids is 1. The van der Waals surface area contributed by atoms with Crippen molar-refractivity contribution in [3.05, 3.63) is 54.1 Å². The van der Waals surface area contributed by atoms with Crippen molar-refractivity contribution in [2.45, 2.75) is 25.8 Å². The molecule has 27 heavy (non-hydrogen) atoms. The summed E-state index contributed by atoms with van der Waals surface area (Å²) in [6, 6.07) is 13.2. The van der Waals surface area contributed by atoms with Crippen LogP contribution in [-0.4, -0.2) is 35.5 Å². The van der Waals surface area contributed by atoms with E-state index in [9.17, 15) is 19.5 Å². The van der Waals surface area contributed by atoms with E-state index in [1.807, 2.05) is 31.2 Å². The lowest BCUT2D eigenvalue weighted by Gasteiger charge is -2.14. The van der Waals surface area contributed by atoms with E-state index in [1.54, 1.807) is 24.3 Å². The van der Waals surface area contributed by atoms with E-state index in [-0.39, 0.29) is 12.8 Å². The Morgan fingerprint density at radius 1 is 1.11 bits per heavy atom. The van der Waals surface area contributed by atoms with E-state index in [1.165, 1.54) is 0 Å². The van der Waals surface area contributed by atoms with Crippen LogP contribution < -0.4 is 15.8 Å². The molecule has 0 aliphatic rings. The number of carboxylic acids is 1. The minimum absolute atomic E-state index is 0.0593. The van der Waals surface area contributed by atoms with Gasteiger partial charge in [0.05, 0.1) is 6.61 Å². The summed E-state index contributed by atoms with van der Waals surface area (Å²) >= 11 is 0. The van der Waals surface area contributed by atoms with Crippen LogP contribution in [0.1, 0.15) is 30.1 Å². The van der Waals surface area contributed by atoms with Gasteiger partial charge in [-0.3, -0.25) is 9.59 Å². The van der Waals surface area contributed by atoms with E-state index in [2.05, 4.69) is 5.32 Å². The molecule has 0 saturated carbocycles. The number of carboxylic acid groups (broad SMARTS) is 1. The van der Waals surface area contributed by atoms with Gasteiger partial charge in [-0.25, -0.2) is 4.79 Å². The van der Waals surface area contributed by atoms with Crippen LogP contribution in [0.5, 0.6) is 5.75 Å². The van der Waals surface area contributed by atoms with Crippen LogP contribution in [0, 0.1) is 0 Å². The van der Waals surface area contributed by atoms with Crippen LogP contribution in [0.15, 0.2) is 48.5 Å². The number of rotatable bonds is 9. The van der Waals surface area contributed by atoms with Gasteiger partial charge in [0.2, 0.25) is 5.91 Å². The maximum Gasteiger partial charge on any atom is 0.326 e. The van der Waals surface area contributed by atoms with E-state index >= 15 is 0 Å². The minimum atomic E-state index is -1.22. The third kappa shape index (κ3) is 5.57. The van der Waals surface area contributed by atoms with Gasteiger partial charge in [-0.15, -0.1) is 0 Å². The second-order valence-electron chi connectivity index (χ2n) is 5.88. The number of amides is 2. The summed E-state index contributed by atoms with van der Waals surface area (Å²) in [7, 11) is 0. The van der Waals surface area contributed by atoms with Crippen molar-refractivity contribution in [2.75, 3.05) is 6.61 Å². The molecule has 0 heterocycles. The van der Waals surface area contributed by atoms with Crippen LogP contribution in [0.4, 0.5) is 0 Å². The third-order valence-electron chi connectivity index (χ3n) is 3.93. The fourth-order valence-electron chi connectivity index (χ4n) is 2.57. The first-order chi connectivity index (χ1) is 12.9. The van der Waals surface area contributed by atoms with Gasteiger partial charge >= 0.3 is 5.97 Å². The van der Waals surface area contributed by atoms with Crippen LogP contribution >= 0.6 is 0 Å². The predicted molar refractivity (Wildman–Crippen MR) is 100 cm³/mol. The number of ether oxygens (including phenoxy) is 1. The van der Waals surface area contributed by atoms with Crippen molar-refractivity contribution < 1.29 is 24.2 Å². The quantitative estimate of drug-likeness (QED) is 0.625. The molecule has 7 nitrogen and oxygen atoms in total. The van der Waals surface area contributed by atoms with Gasteiger partial charge in [0.1, 0.15) is 11.8 Å². The van der Waals surface area contributed by atoms with Crippen molar-refractivity contribution in [1.82, 2.24) is 5.32 Å². The molecule has 2 amide bonds. The smallest absolute Gasteiger partial charge is 0.326 e. The number of nitrogens with two attached hydrogens (primary N) is 1. The van der Waals surface area contributed by atoms with Gasteiger partial charge in [-0.2, -0.15) is 0 Å². The summed E-state index contributed by atoms with van der Waals surface area (Å²) in [6.45, 7) is 2.45. The number of carbonyl (C=O) groups excluding carboxylic acids is 2. The Morgan fingerprint density at radius 2 is 1.78 bits per heavy atom. The van der Waals surface area contributed by atoms with E-state index < -0.39 is 23.8 Å². The molecule has 0 spiro atoms. The molecule has 2 aromatic carbocycles. The SMILES string of the molecule is CCOc1ccccc1-c1ccc(C(=O)N[C@@H](CCC(N)=O)C(=O)O)cc1. The molecule has 0 radical (unpaired) electrons. The molecule has 2 rings (SSSR count). The summed E-state index contributed by atoms with van der Waals surface area (Å²) in [5.41, 5.74) is 7.12. The van der Waals surface area contributed by atoms with Gasteiger partial charge in [0, 0.05) is 17.5 Å². The highest BCUT2D eigenvalue weighted by Gasteiger charge is 2.21. The van der Waals surface area contributed by atoms with Crippen LogP contribution in [0.3, 0.4) is 0 Å². The van der Waals surface area contributed by atoms with Gasteiger partial charge in [-0.05, 0) is 37.1 Å². The Balaban J connectivity index is 2.13. The summed E-state index contributed by atoms with van der Waals surface area (Å²) in [5, 5.41) is 11.6. The van der Waals surface area contributed by atoms with E-state index in [0.717, 1.165) is 16.9 Å². The second kappa shape index (κ2) is 9.38. The molecule has 2 aromatic rings. The number of hydrogen-bond donors (Lipinski definition) is 3. The predicted octanol–water partition coefficient (Wildman–Crippen LogP) is 2.20. The van der Waals surface area contributed by atoms with Gasteiger partial charge in [-0.1, -0.05) is 30.3 Å². The monoisotopic (exact) mass is 370 g/mol. The summed E-state index contributed by atoms with van der Waals surface area (Å²) in [6.07, 6.45) is -0.180. The standard InChI is InChI=1S/C20H22N2O5/c1-2-27-17-6-4-3-5-15(17)13-7-9-14(10-8-13)19(24)22-16(20(25)26)11-12-18(21)23/h3-10,16H,2,11-12H2,1H3,(H2,21,23)(H,22,24)(H,25,26)/t16-/m0/s1. The molecule has 0 unspecified atom stereocenters. The largest absolute Gasteiger partial charge is 0.493 e. The van der Waals surface area contributed by atoms with Crippen LogP contribution in [0.2, 0.25) is 0 Å². The van der Waals surface area contributed by atoms with Gasteiger partial charge in [0.15, 0.2) is 0 Å². The molecule has 0 bridgehead atoms. The average molecular weight is 370 g/mol. The van der Waals surface area contributed by atoms with E-state index in [0.29, 0.717) is 12.2 Å². The number of nitrogens with one attached hydrogen (secondary N) is 1. The molecule has 142 valence electrons. The molecular formula is C20H22N2O5. The molecule has 0 aliphatic heterocycles. The number of primary amides is 1. The number of para-hydroxylation sites is 1. The first kappa shape index (κ1) is 20.0. The topological polar surface area (TPSA) is 119 Å². The highest BCUT2D eigenvalue weighted by Crippen LogP contribution is 2.29. The van der Waals surface area contributed by atoms with E-state index in [4.69, 9.17) is 10.5 Å². The van der Waals surface area contributed by atoms with Crippen LogP contribution in [-0.2, 0) is 9.59 Å². The van der Waals surface area contributed by atoms with Gasteiger partial charge in [0.25, 0.3) is 5.91 Å². The lowest BCUT2D eigenvalue weighted by molar-refractivity contribution is -0.139. The lowest BCUT2D eigenvalue weighted by atomic mass is 10.0.